The standard InChI is InChI=1S/C27H25N5O/c1-19-8-11-22(12-9-19)30-25-18-26(29-20(2)28-25)31-23-13-15-24(16-14-23)32-27(33)17-10-21-6-4-3-5-7-21/h3-18H,1-2H3,(H,32,33)(H2,28,29,30,31)/b17-10+. The second-order valence-electron chi connectivity index (χ2n) is 7.61. The number of carbonyl (C=O) groups excluding carboxylic acids is 1. The lowest BCUT2D eigenvalue weighted by molar-refractivity contribution is -0.111. The summed E-state index contributed by atoms with van der Waals surface area (Å²) in [7, 11) is 0. The van der Waals surface area contributed by atoms with E-state index in [1.54, 1.807) is 6.08 Å². The van der Waals surface area contributed by atoms with Gasteiger partial charge in [0.2, 0.25) is 5.91 Å². The summed E-state index contributed by atoms with van der Waals surface area (Å²) >= 11 is 0. The molecule has 0 fully saturated rings. The second-order valence-corrected chi connectivity index (χ2v) is 7.61. The molecule has 0 aliphatic rings. The van der Waals surface area contributed by atoms with Crippen LogP contribution >= 0.6 is 0 Å². The molecular weight excluding hydrogens is 410 g/mol. The molecule has 4 rings (SSSR count). The number of hydrogen-bond acceptors (Lipinski definition) is 5. The van der Waals surface area contributed by atoms with Crippen LogP contribution in [0.1, 0.15) is 17.0 Å². The first-order chi connectivity index (χ1) is 16.0. The predicted molar refractivity (Wildman–Crippen MR) is 135 cm³/mol. The maximum atomic E-state index is 12.2. The van der Waals surface area contributed by atoms with Gasteiger partial charge in [-0.05, 0) is 61.9 Å². The van der Waals surface area contributed by atoms with E-state index in [4.69, 9.17) is 0 Å². The Morgan fingerprint density at radius 1 is 0.727 bits per heavy atom. The molecule has 0 saturated heterocycles. The Morgan fingerprint density at radius 2 is 1.27 bits per heavy atom. The van der Waals surface area contributed by atoms with Gasteiger partial charge in [-0.3, -0.25) is 4.79 Å². The van der Waals surface area contributed by atoms with Crippen molar-refractivity contribution in [1.82, 2.24) is 9.97 Å². The predicted octanol–water partition coefficient (Wildman–Crippen LogP) is 6.23. The minimum Gasteiger partial charge on any atom is -0.340 e. The van der Waals surface area contributed by atoms with E-state index >= 15 is 0 Å². The van der Waals surface area contributed by atoms with Crippen LogP contribution in [0.25, 0.3) is 6.08 Å². The van der Waals surface area contributed by atoms with E-state index in [2.05, 4.69) is 32.8 Å². The summed E-state index contributed by atoms with van der Waals surface area (Å²) in [5.41, 5.74) is 4.71. The molecule has 0 aliphatic carbocycles. The lowest BCUT2D eigenvalue weighted by atomic mass is 10.2. The van der Waals surface area contributed by atoms with E-state index in [9.17, 15) is 4.79 Å². The summed E-state index contributed by atoms with van der Waals surface area (Å²) in [6, 6.07) is 27.2. The fourth-order valence-electron chi connectivity index (χ4n) is 3.19. The van der Waals surface area contributed by atoms with Gasteiger partial charge in [-0.1, -0.05) is 48.0 Å². The first kappa shape index (κ1) is 21.8. The highest BCUT2D eigenvalue weighted by atomic mass is 16.1. The highest BCUT2D eigenvalue weighted by Crippen LogP contribution is 2.22. The summed E-state index contributed by atoms with van der Waals surface area (Å²) in [4.78, 5) is 21.1. The van der Waals surface area contributed by atoms with Gasteiger partial charge in [0.1, 0.15) is 17.5 Å². The third-order valence-corrected chi connectivity index (χ3v) is 4.81. The maximum absolute atomic E-state index is 12.2. The molecule has 0 aliphatic heterocycles. The third kappa shape index (κ3) is 6.51. The van der Waals surface area contributed by atoms with Gasteiger partial charge in [-0.2, -0.15) is 0 Å². The van der Waals surface area contributed by atoms with Crippen molar-refractivity contribution in [3.8, 4) is 0 Å². The fraction of sp³-hybridized carbons (Fsp3) is 0.0741. The molecule has 0 unspecified atom stereocenters. The Bertz CT molecular complexity index is 1250. The first-order valence-corrected chi connectivity index (χ1v) is 10.6. The van der Waals surface area contributed by atoms with E-state index in [-0.39, 0.29) is 5.91 Å². The molecule has 1 heterocycles. The van der Waals surface area contributed by atoms with E-state index < -0.39 is 0 Å². The molecule has 33 heavy (non-hydrogen) atoms. The Kier molecular flexibility index (Phi) is 6.75. The molecule has 0 atom stereocenters. The Hall–Kier alpha value is -4.45. The SMILES string of the molecule is Cc1ccc(Nc2cc(Nc3ccc(NC(=O)/C=C/c4ccccc4)cc3)nc(C)n2)cc1. The summed E-state index contributed by atoms with van der Waals surface area (Å²) in [5.74, 6) is 1.86. The molecule has 0 bridgehead atoms. The summed E-state index contributed by atoms with van der Waals surface area (Å²) in [6.07, 6.45) is 3.30. The van der Waals surface area contributed by atoms with Crippen molar-refractivity contribution in [3.63, 3.8) is 0 Å². The van der Waals surface area contributed by atoms with Crippen LogP contribution in [0.4, 0.5) is 28.7 Å². The van der Waals surface area contributed by atoms with Gasteiger partial charge in [-0.25, -0.2) is 9.97 Å². The van der Waals surface area contributed by atoms with Crippen LogP contribution in [0.2, 0.25) is 0 Å². The zero-order valence-electron chi connectivity index (χ0n) is 18.5. The van der Waals surface area contributed by atoms with E-state index in [0.717, 1.165) is 16.9 Å². The van der Waals surface area contributed by atoms with Crippen LogP contribution in [0.3, 0.4) is 0 Å². The zero-order valence-corrected chi connectivity index (χ0v) is 18.5. The Labute approximate surface area is 193 Å². The van der Waals surface area contributed by atoms with Crippen LogP contribution in [-0.2, 0) is 4.79 Å². The highest BCUT2D eigenvalue weighted by molar-refractivity contribution is 6.02. The van der Waals surface area contributed by atoms with Gasteiger partial charge in [0.25, 0.3) is 0 Å². The third-order valence-electron chi connectivity index (χ3n) is 4.81. The molecule has 0 saturated carbocycles. The minimum absolute atomic E-state index is 0.183. The van der Waals surface area contributed by atoms with Gasteiger partial charge in [0.05, 0.1) is 0 Å². The van der Waals surface area contributed by atoms with Crippen molar-refractivity contribution in [1.29, 1.82) is 0 Å². The molecule has 3 aromatic carbocycles. The normalized spacial score (nSPS) is 10.7. The van der Waals surface area contributed by atoms with Crippen LogP contribution in [-0.4, -0.2) is 15.9 Å². The molecule has 3 N–H and O–H groups in total. The lowest BCUT2D eigenvalue weighted by Crippen LogP contribution is -2.07. The van der Waals surface area contributed by atoms with Crippen molar-refractivity contribution in [2.45, 2.75) is 13.8 Å². The molecule has 1 amide bonds. The summed E-state index contributed by atoms with van der Waals surface area (Å²) in [5, 5.41) is 9.46. The van der Waals surface area contributed by atoms with Crippen molar-refractivity contribution in [2.75, 3.05) is 16.0 Å². The average molecular weight is 436 g/mol. The number of carbonyl (C=O) groups is 1. The van der Waals surface area contributed by atoms with Crippen molar-refractivity contribution < 1.29 is 4.79 Å². The quantitative estimate of drug-likeness (QED) is 0.300. The number of aryl methyl sites for hydroxylation is 2. The number of anilines is 5. The van der Waals surface area contributed by atoms with Crippen LogP contribution in [0, 0.1) is 13.8 Å². The molecule has 164 valence electrons. The minimum atomic E-state index is -0.183. The zero-order chi connectivity index (χ0) is 23.0. The number of nitrogens with zero attached hydrogens (tertiary/aromatic N) is 2. The monoisotopic (exact) mass is 435 g/mol. The van der Waals surface area contributed by atoms with Gasteiger partial charge in [0.15, 0.2) is 0 Å². The summed E-state index contributed by atoms with van der Waals surface area (Å²) in [6.45, 7) is 3.91. The first-order valence-electron chi connectivity index (χ1n) is 10.6. The number of nitrogens with one attached hydrogen (secondary N) is 3. The molecular formula is C27H25N5O. The largest absolute Gasteiger partial charge is 0.340 e. The molecule has 0 spiro atoms. The van der Waals surface area contributed by atoms with E-state index in [1.807, 2.05) is 91.9 Å². The van der Waals surface area contributed by atoms with Crippen LogP contribution < -0.4 is 16.0 Å². The number of aromatic nitrogens is 2. The summed E-state index contributed by atoms with van der Waals surface area (Å²) < 4.78 is 0. The van der Waals surface area contributed by atoms with Crippen LogP contribution in [0.15, 0.2) is 91.0 Å². The maximum Gasteiger partial charge on any atom is 0.248 e. The van der Waals surface area contributed by atoms with Crippen molar-refractivity contribution in [2.24, 2.45) is 0 Å². The molecule has 0 radical (unpaired) electrons. The molecule has 6 nitrogen and oxygen atoms in total. The number of rotatable bonds is 7. The molecule has 4 aromatic rings. The highest BCUT2D eigenvalue weighted by Gasteiger charge is 2.04. The Balaban J connectivity index is 1.38. The van der Waals surface area contributed by atoms with E-state index in [1.165, 1.54) is 11.6 Å². The number of benzene rings is 3. The number of hydrogen-bond donors (Lipinski definition) is 3. The smallest absolute Gasteiger partial charge is 0.248 e. The van der Waals surface area contributed by atoms with Gasteiger partial charge >= 0.3 is 0 Å². The van der Waals surface area contributed by atoms with Gasteiger partial charge in [-0.15, -0.1) is 0 Å². The lowest BCUT2D eigenvalue weighted by Gasteiger charge is -2.11. The topological polar surface area (TPSA) is 78.9 Å². The van der Waals surface area contributed by atoms with Gasteiger partial charge in [0, 0.05) is 29.2 Å². The Morgan fingerprint density at radius 3 is 1.88 bits per heavy atom. The van der Waals surface area contributed by atoms with Crippen molar-refractivity contribution >= 4 is 40.7 Å². The van der Waals surface area contributed by atoms with Gasteiger partial charge < -0.3 is 16.0 Å². The molecule has 6 heteroatoms. The van der Waals surface area contributed by atoms with E-state index in [0.29, 0.717) is 23.1 Å². The fourth-order valence-corrected chi connectivity index (χ4v) is 3.19. The average Bonchev–Trinajstić information content (AvgIpc) is 2.81. The van der Waals surface area contributed by atoms with Crippen molar-refractivity contribution in [3.05, 3.63) is 108 Å². The van der Waals surface area contributed by atoms with Crippen LogP contribution in [0.5, 0.6) is 0 Å². The number of amides is 1. The second kappa shape index (κ2) is 10.2. The molecule has 1 aromatic heterocycles.